The molecule has 0 aliphatic carbocycles. The third-order valence-corrected chi connectivity index (χ3v) is 5.14. The first-order valence-electron chi connectivity index (χ1n) is 9.75. The number of carbonyl (C=O) groups is 1. The van der Waals surface area contributed by atoms with E-state index in [1.54, 1.807) is 4.68 Å². The quantitative estimate of drug-likeness (QED) is 0.745. The Balaban J connectivity index is 1.33. The van der Waals surface area contributed by atoms with E-state index in [2.05, 4.69) is 44.6 Å². The van der Waals surface area contributed by atoms with Crippen molar-refractivity contribution in [2.75, 3.05) is 13.1 Å². The highest BCUT2D eigenvalue weighted by molar-refractivity contribution is 5.90. The molecule has 0 unspecified atom stereocenters. The molecule has 0 spiro atoms. The number of para-hydroxylation sites is 1. The number of aryl methyl sites for hydroxylation is 1. The number of hydrogen-bond donors (Lipinski definition) is 1. The van der Waals surface area contributed by atoms with Crippen molar-refractivity contribution in [2.24, 2.45) is 0 Å². The molecule has 3 aromatic rings. The van der Waals surface area contributed by atoms with Crippen LogP contribution in [0.2, 0.25) is 0 Å². The summed E-state index contributed by atoms with van der Waals surface area (Å²) in [7, 11) is 0. The van der Waals surface area contributed by atoms with Crippen LogP contribution in [0.5, 0.6) is 0 Å². The molecule has 2 heterocycles. The molecule has 2 aromatic carbocycles. The van der Waals surface area contributed by atoms with Gasteiger partial charge in [-0.25, -0.2) is 9.67 Å². The Hall–Kier alpha value is -2.99. The molecular formula is C22H25N5O. The van der Waals surface area contributed by atoms with Crippen molar-refractivity contribution in [2.45, 2.75) is 32.4 Å². The maximum atomic E-state index is 12.6. The van der Waals surface area contributed by atoms with Crippen molar-refractivity contribution in [3.05, 3.63) is 77.9 Å². The van der Waals surface area contributed by atoms with E-state index in [0.717, 1.165) is 38.2 Å². The first kappa shape index (κ1) is 18.4. The molecule has 1 aromatic heterocycles. The number of nitrogens with one attached hydrogen (secondary N) is 1. The topological polar surface area (TPSA) is 63.1 Å². The van der Waals surface area contributed by atoms with Crippen molar-refractivity contribution in [3.63, 3.8) is 0 Å². The number of aromatic nitrogens is 3. The number of benzene rings is 2. The van der Waals surface area contributed by atoms with Crippen LogP contribution in [-0.2, 0) is 6.54 Å². The maximum absolute atomic E-state index is 12.6. The molecular weight excluding hydrogens is 350 g/mol. The fourth-order valence-electron chi connectivity index (χ4n) is 3.63. The highest BCUT2D eigenvalue weighted by Crippen LogP contribution is 2.15. The molecule has 1 amide bonds. The maximum Gasteiger partial charge on any atom is 0.291 e. The Kier molecular flexibility index (Phi) is 5.48. The van der Waals surface area contributed by atoms with E-state index in [9.17, 15) is 4.79 Å². The average Bonchev–Trinajstić information content (AvgIpc) is 3.13. The summed E-state index contributed by atoms with van der Waals surface area (Å²) in [6.07, 6.45) is 1.88. The largest absolute Gasteiger partial charge is 0.346 e. The molecule has 1 aliphatic rings. The smallest absolute Gasteiger partial charge is 0.291 e. The van der Waals surface area contributed by atoms with Gasteiger partial charge in [-0.2, -0.15) is 0 Å². The second-order valence-electron chi connectivity index (χ2n) is 7.24. The molecule has 6 heteroatoms. The number of likely N-dealkylation sites (tertiary alicyclic amines) is 1. The lowest BCUT2D eigenvalue weighted by Crippen LogP contribution is -2.44. The predicted octanol–water partition coefficient (Wildman–Crippen LogP) is 2.97. The lowest BCUT2D eigenvalue weighted by molar-refractivity contribution is 0.0898. The second kappa shape index (κ2) is 8.35. The van der Waals surface area contributed by atoms with E-state index in [0.29, 0.717) is 5.82 Å². The first-order valence-corrected chi connectivity index (χ1v) is 9.75. The summed E-state index contributed by atoms with van der Waals surface area (Å²) >= 11 is 0. The standard InChI is InChI=1S/C22H25N5O/c1-17-23-21(25-27(17)20-10-6-3-7-11-20)22(28)24-19-12-14-26(15-13-19)16-18-8-4-2-5-9-18/h2-11,19H,12-16H2,1H3,(H,24,28). The van der Waals surface area contributed by atoms with Crippen molar-refractivity contribution >= 4 is 5.91 Å². The van der Waals surface area contributed by atoms with Crippen molar-refractivity contribution < 1.29 is 4.79 Å². The van der Waals surface area contributed by atoms with Gasteiger partial charge in [0.05, 0.1) is 5.69 Å². The molecule has 1 aliphatic heterocycles. The van der Waals surface area contributed by atoms with Gasteiger partial charge in [-0.3, -0.25) is 9.69 Å². The van der Waals surface area contributed by atoms with Crippen LogP contribution in [0.25, 0.3) is 5.69 Å². The van der Waals surface area contributed by atoms with E-state index < -0.39 is 0 Å². The van der Waals surface area contributed by atoms with Gasteiger partial charge in [-0.1, -0.05) is 48.5 Å². The Morgan fingerprint density at radius 3 is 2.36 bits per heavy atom. The van der Waals surface area contributed by atoms with Crippen molar-refractivity contribution in [3.8, 4) is 5.69 Å². The summed E-state index contributed by atoms with van der Waals surface area (Å²) in [5.41, 5.74) is 2.23. The van der Waals surface area contributed by atoms with Gasteiger partial charge in [0, 0.05) is 25.7 Å². The van der Waals surface area contributed by atoms with Crippen LogP contribution in [0.15, 0.2) is 60.7 Å². The highest BCUT2D eigenvalue weighted by Gasteiger charge is 2.23. The molecule has 28 heavy (non-hydrogen) atoms. The third kappa shape index (κ3) is 4.28. The van der Waals surface area contributed by atoms with Crippen LogP contribution in [0.1, 0.15) is 34.8 Å². The summed E-state index contributed by atoms with van der Waals surface area (Å²) in [5.74, 6) is 0.737. The number of amides is 1. The van der Waals surface area contributed by atoms with Gasteiger partial charge in [-0.15, -0.1) is 5.10 Å². The molecule has 0 atom stereocenters. The lowest BCUT2D eigenvalue weighted by Gasteiger charge is -2.32. The summed E-state index contributed by atoms with van der Waals surface area (Å²) < 4.78 is 1.71. The fourth-order valence-corrected chi connectivity index (χ4v) is 3.63. The second-order valence-corrected chi connectivity index (χ2v) is 7.24. The molecule has 1 fully saturated rings. The van der Waals surface area contributed by atoms with E-state index in [1.165, 1.54) is 5.56 Å². The van der Waals surface area contributed by atoms with Crippen LogP contribution in [0.4, 0.5) is 0 Å². The van der Waals surface area contributed by atoms with E-state index in [-0.39, 0.29) is 17.8 Å². The summed E-state index contributed by atoms with van der Waals surface area (Å²) in [6.45, 7) is 4.78. The van der Waals surface area contributed by atoms with Crippen LogP contribution in [0, 0.1) is 6.92 Å². The predicted molar refractivity (Wildman–Crippen MR) is 108 cm³/mol. The number of hydrogen-bond acceptors (Lipinski definition) is 4. The Morgan fingerprint density at radius 2 is 1.68 bits per heavy atom. The Bertz CT molecular complexity index is 915. The number of piperidine rings is 1. The van der Waals surface area contributed by atoms with E-state index in [1.807, 2.05) is 43.3 Å². The van der Waals surface area contributed by atoms with Gasteiger partial charge >= 0.3 is 0 Å². The zero-order chi connectivity index (χ0) is 19.3. The molecule has 6 nitrogen and oxygen atoms in total. The minimum Gasteiger partial charge on any atom is -0.346 e. The first-order chi connectivity index (χ1) is 13.7. The Morgan fingerprint density at radius 1 is 1.04 bits per heavy atom. The van der Waals surface area contributed by atoms with Gasteiger partial charge in [-0.05, 0) is 37.5 Å². The zero-order valence-corrected chi connectivity index (χ0v) is 16.1. The molecule has 1 N–H and O–H groups in total. The molecule has 0 saturated carbocycles. The fraction of sp³-hybridized carbons (Fsp3) is 0.318. The van der Waals surface area contributed by atoms with E-state index in [4.69, 9.17) is 0 Å². The highest BCUT2D eigenvalue weighted by atomic mass is 16.2. The number of carbonyl (C=O) groups excluding carboxylic acids is 1. The molecule has 0 bridgehead atoms. The van der Waals surface area contributed by atoms with Crippen LogP contribution in [-0.4, -0.2) is 44.7 Å². The van der Waals surface area contributed by atoms with Gasteiger partial charge in [0.25, 0.3) is 5.91 Å². The average molecular weight is 375 g/mol. The normalized spacial score (nSPS) is 15.5. The van der Waals surface area contributed by atoms with Crippen LogP contribution < -0.4 is 5.32 Å². The number of rotatable bonds is 5. The summed E-state index contributed by atoms with van der Waals surface area (Å²) in [6, 6.07) is 20.4. The molecule has 144 valence electrons. The molecule has 1 saturated heterocycles. The van der Waals surface area contributed by atoms with Gasteiger partial charge in [0.2, 0.25) is 5.82 Å². The van der Waals surface area contributed by atoms with Crippen LogP contribution >= 0.6 is 0 Å². The monoisotopic (exact) mass is 375 g/mol. The molecule has 4 rings (SSSR count). The summed E-state index contributed by atoms with van der Waals surface area (Å²) in [5, 5.41) is 7.51. The lowest BCUT2D eigenvalue weighted by atomic mass is 10.0. The van der Waals surface area contributed by atoms with Gasteiger partial charge in [0.1, 0.15) is 5.82 Å². The zero-order valence-electron chi connectivity index (χ0n) is 16.1. The number of nitrogens with zero attached hydrogens (tertiary/aromatic N) is 4. The Labute approximate surface area is 165 Å². The van der Waals surface area contributed by atoms with Crippen molar-refractivity contribution in [1.29, 1.82) is 0 Å². The van der Waals surface area contributed by atoms with E-state index >= 15 is 0 Å². The van der Waals surface area contributed by atoms with Crippen LogP contribution in [0.3, 0.4) is 0 Å². The molecule has 0 radical (unpaired) electrons. The van der Waals surface area contributed by atoms with Crippen molar-refractivity contribution in [1.82, 2.24) is 25.0 Å². The third-order valence-electron chi connectivity index (χ3n) is 5.14. The van der Waals surface area contributed by atoms with Gasteiger partial charge in [0.15, 0.2) is 0 Å². The minimum atomic E-state index is -0.195. The SMILES string of the molecule is Cc1nc(C(=O)NC2CCN(Cc3ccccc3)CC2)nn1-c1ccccc1. The summed E-state index contributed by atoms with van der Waals surface area (Å²) in [4.78, 5) is 19.4. The van der Waals surface area contributed by atoms with Gasteiger partial charge < -0.3 is 5.32 Å². The minimum absolute atomic E-state index is 0.170.